The second kappa shape index (κ2) is 3.84. The van der Waals surface area contributed by atoms with Gasteiger partial charge in [-0.1, -0.05) is 6.42 Å². The van der Waals surface area contributed by atoms with Gasteiger partial charge in [-0.25, -0.2) is 9.78 Å². The molecule has 0 amide bonds. The average Bonchev–Trinajstić information content (AvgIpc) is 2.66. The van der Waals surface area contributed by atoms with Gasteiger partial charge in [0.2, 0.25) is 0 Å². The molecule has 2 aromatic heterocycles. The number of carbonyl (C=O) groups excluding carboxylic acids is 1. The molecule has 0 aromatic carbocycles. The van der Waals surface area contributed by atoms with E-state index in [0.29, 0.717) is 11.6 Å². The maximum Gasteiger partial charge on any atom is 0.358 e. The molecule has 1 fully saturated rings. The fourth-order valence-electron chi connectivity index (χ4n) is 2.16. The average molecular weight is 231 g/mol. The molecule has 0 saturated heterocycles. The quantitative estimate of drug-likeness (QED) is 0.739. The van der Waals surface area contributed by atoms with E-state index in [4.69, 9.17) is 4.74 Å². The summed E-state index contributed by atoms with van der Waals surface area (Å²) in [6.45, 7) is 0. The first-order valence-corrected chi connectivity index (χ1v) is 5.71. The van der Waals surface area contributed by atoms with Crippen LogP contribution in [0.3, 0.4) is 0 Å². The van der Waals surface area contributed by atoms with Crippen molar-refractivity contribution in [1.29, 1.82) is 0 Å². The minimum absolute atomic E-state index is 0.363. The highest BCUT2D eigenvalue weighted by molar-refractivity contribution is 5.94. The number of fused-ring (bicyclic) bond motifs is 1. The van der Waals surface area contributed by atoms with E-state index >= 15 is 0 Å². The number of carbonyl (C=O) groups is 1. The molecule has 1 aliphatic carbocycles. The molecule has 5 heteroatoms. The summed E-state index contributed by atoms with van der Waals surface area (Å²) < 4.78 is 6.69. The van der Waals surface area contributed by atoms with E-state index in [9.17, 15) is 4.79 Å². The Bertz CT molecular complexity index is 572. The van der Waals surface area contributed by atoms with Gasteiger partial charge >= 0.3 is 5.97 Å². The van der Waals surface area contributed by atoms with Crippen molar-refractivity contribution in [3.8, 4) is 0 Å². The Balaban J connectivity index is 2.19. The predicted molar refractivity (Wildman–Crippen MR) is 60.9 cm³/mol. The summed E-state index contributed by atoms with van der Waals surface area (Å²) in [6.07, 6.45) is 8.73. The molecule has 0 N–H and O–H groups in total. The van der Waals surface area contributed by atoms with Gasteiger partial charge in [0, 0.05) is 18.3 Å². The van der Waals surface area contributed by atoms with E-state index < -0.39 is 5.97 Å². The zero-order valence-corrected chi connectivity index (χ0v) is 9.59. The van der Waals surface area contributed by atoms with Crippen LogP contribution in [0.2, 0.25) is 0 Å². The van der Waals surface area contributed by atoms with Crippen LogP contribution in [0.4, 0.5) is 0 Å². The van der Waals surface area contributed by atoms with Gasteiger partial charge in [0.1, 0.15) is 5.82 Å². The molecule has 2 aromatic rings. The molecule has 1 aliphatic rings. The van der Waals surface area contributed by atoms with Crippen molar-refractivity contribution >= 4 is 11.5 Å². The minimum Gasteiger partial charge on any atom is -0.464 e. The number of hydrogen-bond donors (Lipinski definition) is 0. The number of aromatic nitrogens is 3. The fourth-order valence-corrected chi connectivity index (χ4v) is 2.16. The van der Waals surface area contributed by atoms with Crippen molar-refractivity contribution < 1.29 is 9.53 Å². The smallest absolute Gasteiger partial charge is 0.358 e. The SMILES string of the molecule is COC(=O)c1nc(C2CCC2)n2ccncc12. The third-order valence-corrected chi connectivity index (χ3v) is 3.32. The molecule has 17 heavy (non-hydrogen) atoms. The van der Waals surface area contributed by atoms with Crippen LogP contribution in [-0.2, 0) is 4.74 Å². The molecule has 0 bridgehead atoms. The maximum atomic E-state index is 11.6. The van der Waals surface area contributed by atoms with E-state index in [2.05, 4.69) is 9.97 Å². The van der Waals surface area contributed by atoms with Gasteiger partial charge in [0.25, 0.3) is 0 Å². The second-order valence-electron chi connectivity index (χ2n) is 4.27. The Labute approximate surface area is 98.4 Å². The van der Waals surface area contributed by atoms with Gasteiger partial charge in [0.05, 0.1) is 18.8 Å². The zero-order chi connectivity index (χ0) is 11.8. The van der Waals surface area contributed by atoms with Gasteiger partial charge in [-0.15, -0.1) is 0 Å². The molecular weight excluding hydrogens is 218 g/mol. The summed E-state index contributed by atoms with van der Waals surface area (Å²) in [5, 5.41) is 0. The summed E-state index contributed by atoms with van der Waals surface area (Å²) >= 11 is 0. The van der Waals surface area contributed by atoms with Crippen LogP contribution in [-0.4, -0.2) is 27.4 Å². The highest BCUT2D eigenvalue weighted by atomic mass is 16.5. The van der Waals surface area contributed by atoms with Crippen molar-refractivity contribution in [2.24, 2.45) is 0 Å². The first-order chi connectivity index (χ1) is 8.31. The molecule has 0 atom stereocenters. The number of methoxy groups -OCH3 is 1. The molecule has 2 heterocycles. The molecule has 88 valence electrons. The highest BCUT2D eigenvalue weighted by Crippen LogP contribution is 2.36. The van der Waals surface area contributed by atoms with Crippen LogP contribution < -0.4 is 0 Å². The minimum atomic E-state index is -0.402. The van der Waals surface area contributed by atoms with Gasteiger partial charge in [0.15, 0.2) is 5.69 Å². The molecule has 0 spiro atoms. The van der Waals surface area contributed by atoms with E-state index in [1.54, 1.807) is 12.4 Å². The molecular formula is C12H13N3O2. The lowest BCUT2D eigenvalue weighted by Gasteiger charge is -2.23. The summed E-state index contributed by atoms with van der Waals surface area (Å²) in [4.78, 5) is 20.1. The van der Waals surface area contributed by atoms with Crippen LogP contribution in [0, 0.1) is 0 Å². The maximum absolute atomic E-state index is 11.6. The number of nitrogens with zero attached hydrogens (tertiary/aromatic N) is 3. The van der Waals surface area contributed by atoms with E-state index in [-0.39, 0.29) is 0 Å². The number of imidazole rings is 1. The zero-order valence-electron chi connectivity index (χ0n) is 9.59. The number of hydrogen-bond acceptors (Lipinski definition) is 4. The van der Waals surface area contributed by atoms with Crippen molar-refractivity contribution in [3.05, 3.63) is 30.1 Å². The molecule has 5 nitrogen and oxygen atoms in total. The van der Waals surface area contributed by atoms with Crippen molar-refractivity contribution in [3.63, 3.8) is 0 Å². The van der Waals surface area contributed by atoms with Crippen molar-refractivity contribution in [2.45, 2.75) is 25.2 Å². The molecule has 0 aliphatic heterocycles. The van der Waals surface area contributed by atoms with Crippen LogP contribution in [0.5, 0.6) is 0 Å². The Hall–Kier alpha value is -1.91. The lowest BCUT2D eigenvalue weighted by atomic mass is 9.85. The Morgan fingerprint density at radius 3 is 3.00 bits per heavy atom. The Morgan fingerprint density at radius 1 is 1.53 bits per heavy atom. The fraction of sp³-hybridized carbons (Fsp3) is 0.417. The first kappa shape index (κ1) is 10.3. The van der Waals surface area contributed by atoms with Crippen molar-refractivity contribution in [2.75, 3.05) is 7.11 Å². The normalized spacial score (nSPS) is 15.8. The number of ether oxygens (including phenoxy) is 1. The van der Waals surface area contributed by atoms with Crippen LogP contribution in [0.1, 0.15) is 41.5 Å². The first-order valence-electron chi connectivity index (χ1n) is 5.71. The third-order valence-electron chi connectivity index (χ3n) is 3.32. The number of rotatable bonds is 2. The summed E-state index contributed by atoms with van der Waals surface area (Å²) in [5.74, 6) is 1.01. The lowest BCUT2D eigenvalue weighted by Crippen LogP contribution is -2.12. The van der Waals surface area contributed by atoms with Gasteiger partial charge < -0.3 is 4.74 Å². The van der Waals surface area contributed by atoms with Gasteiger partial charge in [-0.3, -0.25) is 9.38 Å². The van der Waals surface area contributed by atoms with Crippen LogP contribution in [0.25, 0.3) is 5.52 Å². The van der Waals surface area contributed by atoms with Gasteiger partial charge in [-0.2, -0.15) is 0 Å². The molecule has 3 rings (SSSR count). The largest absolute Gasteiger partial charge is 0.464 e. The van der Waals surface area contributed by atoms with Crippen molar-refractivity contribution in [1.82, 2.24) is 14.4 Å². The van der Waals surface area contributed by atoms with E-state index in [1.165, 1.54) is 13.5 Å². The monoisotopic (exact) mass is 231 g/mol. The summed E-state index contributed by atoms with van der Waals surface area (Å²) in [7, 11) is 1.37. The topological polar surface area (TPSA) is 56.5 Å². The van der Waals surface area contributed by atoms with E-state index in [0.717, 1.165) is 24.2 Å². The number of esters is 1. The lowest BCUT2D eigenvalue weighted by molar-refractivity contribution is 0.0596. The Kier molecular flexibility index (Phi) is 2.31. The van der Waals surface area contributed by atoms with E-state index in [1.807, 2.05) is 10.6 Å². The summed E-state index contributed by atoms with van der Waals surface area (Å²) in [5.41, 5.74) is 1.09. The standard InChI is InChI=1S/C12H13N3O2/c1-17-12(16)10-9-7-13-5-6-15(9)11(14-10)8-3-2-4-8/h5-8H,2-4H2,1H3. The van der Waals surface area contributed by atoms with Crippen LogP contribution >= 0.6 is 0 Å². The molecule has 0 unspecified atom stereocenters. The second-order valence-corrected chi connectivity index (χ2v) is 4.27. The summed E-state index contributed by atoms with van der Waals surface area (Å²) in [6, 6.07) is 0. The van der Waals surface area contributed by atoms with Gasteiger partial charge in [-0.05, 0) is 12.8 Å². The Morgan fingerprint density at radius 2 is 2.35 bits per heavy atom. The predicted octanol–water partition coefficient (Wildman–Crippen LogP) is 1.78. The molecule has 1 saturated carbocycles. The molecule has 0 radical (unpaired) electrons. The van der Waals surface area contributed by atoms with Crippen LogP contribution in [0.15, 0.2) is 18.6 Å². The highest BCUT2D eigenvalue weighted by Gasteiger charge is 2.27. The third kappa shape index (κ3) is 1.50.